The third-order valence-corrected chi connectivity index (χ3v) is 5.41. The summed E-state index contributed by atoms with van der Waals surface area (Å²) in [5, 5.41) is 4.29. The van der Waals surface area contributed by atoms with Gasteiger partial charge in [0.05, 0.1) is 6.54 Å². The molecule has 0 bridgehead atoms. The number of halogens is 1. The molecule has 0 amide bonds. The van der Waals surface area contributed by atoms with E-state index in [0.29, 0.717) is 6.54 Å². The number of carbonyl (C=O) groups is 1. The number of esters is 1. The smallest absolute Gasteiger partial charge is 0.321 e. The quantitative estimate of drug-likeness (QED) is 0.620. The van der Waals surface area contributed by atoms with Crippen molar-refractivity contribution in [2.45, 2.75) is 31.4 Å². The average Bonchev–Trinajstić information content (AvgIpc) is 3.29. The maximum Gasteiger partial charge on any atom is 0.321 e. The second-order valence-corrected chi connectivity index (χ2v) is 6.73. The second-order valence-electron chi connectivity index (χ2n) is 6.73. The van der Waals surface area contributed by atoms with Gasteiger partial charge < -0.3 is 4.74 Å². The van der Waals surface area contributed by atoms with Gasteiger partial charge in [0.2, 0.25) is 0 Å². The highest BCUT2D eigenvalue weighted by atomic mass is 35.5. The van der Waals surface area contributed by atoms with E-state index in [0.717, 1.165) is 17.5 Å². The van der Waals surface area contributed by atoms with Crippen molar-refractivity contribution in [3.63, 3.8) is 0 Å². The van der Waals surface area contributed by atoms with Gasteiger partial charge in [0.25, 0.3) is 0 Å². The van der Waals surface area contributed by atoms with E-state index < -0.39 is 5.41 Å². The van der Waals surface area contributed by atoms with Gasteiger partial charge in [-0.2, -0.15) is 5.10 Å². The zero-order valence-corrected chi connectivity index (χ0v) is 16.0. The first-order valence-electron chi connectivity index (χ1n) is 9.06. The highest BCUT2D eigenvalue weighted by Gasteiger charge is 2.58. The van der Waals surface area contributed by atoms with Crippen LogP contribution in [0.15, 0.2) is 79.1 Å². The Morgan fingerprint density at radius 3 is 2.07 bits per heavy atom. The van der Waals surface area contributed by atoms with Crippen molar-refractivity contribution in [3.8, 4) is 0 Å². The van der Waals surface area contributed by atoms with Gasteiger partial charge in [0.15, 0.2) is 0 Å². The number of benzene rings is 2. The molecule has 0 spiro atoms. The molecule has 2 atom stereocenters. The number of hydrogen-bond donors (Lipinski definition) is 0. The van der Waals surface area contributed by atoms with Crippen molar-refractivity contribution in [2.75, 3.05) is 0 Å². The standard InChI is InChI=1S/C22H22N2O2.ClH/c1-2-19-20(16-24-15-9-14-23-24)26-21(25)22(19,17-10-5-3-6-11-17)18-12-7-4-8-13-18;/h3-15,19-20H,2,16H2,1H3;1H. The van der Waals surface area contributed by atoms with E-state index in [4.69, 9.17) is 4.74 Å². The van der Waals surface area contributed by atoms with Crippen LogP contribution in [-0.2, 0) is 21.5 Å². The fraction of sp³-hybridized carbons (Fsp3) is 0.273. The highest BCUT2D eigenvalue weighted by Crippen LogP contribution is 2.49. The van der Waals surface area contributed by atoms with Crippen LogP contribution in [0.3, 0.4) is 0 Å². The lowest BCUT2D eigenvalue weighted by molar-refractivity contribution is -0.145. The molecule has 27 heavy (non-hydrogen) atoms. The molecule has 1 fully saturated rings. The van der Waals surface area contributed by atoms with Crippen molar-refractivity contribution in [2.24, 2.45) is 5.92 Å². The number of aromatic nitrogens is 2. The molecule has 2 aromatic carbocycles. The lowest BCUT2D eigenvalue weighted by atomic mass is 9.64. The molecule has 1 aromatic heterocycles. The maximum atomic E-state index is 13.4. The highest BCUT2D eigenvalue weighted by molar-refractivity contribution is 5.90. The van der Waals surface area contributed by atoms with Crippen LogP contribution in [0.5, 0.6) is 0 Å². The van der Waals surface area contributed by atoms with Crippen LogP contribution in [0, 0.1) is 5.92 Å². The van der Waals surface area contributed by atoms with Crippen molar-refractivity contribution < 1.29 is 9.53 Å². The maximum absolute atomic E-state index is 13.4. The van der Waals surface area contributed by atoms with Crippen LogP contribution in [-0.4, -0.2) is 21.9 Å². The van der Waals surface area contributed by atoms with E-state index in [1.165, 1.54) is 0 Å². The number of nitrogens with zero attached hydrogens (tertiary/aromatic N) is 2. The molecule has 0 N–H and O–H groups in total. The minimum atomic E-state index is -0.783. The summed E-state index contributed by atoms with van der Waals surface area (Å²) < 4.78 is 7.80. The molecule has 2 heterocycles. The molecule has 1 aliphatic heterocycles. The summed E-state index contributed by atoms with van der Waals surface area (Å²) in [5.41, 5.74) is 1.20. The van der Waals surface area contributed by atoms with E-state index in [1.807, 2.05) is 77.6 Å². The number of carbonyl (C=O) groups excluding carboxylic acids is 1. The summed E-state index contributed by atoms with van der Waals surface area (Å²) >= 11 is 0. The number of cyclic esters (lactones) is 1. The van der Waals surface area contributed by atoms with Gasteiger partial charge >= 0.3 is 5.97 Å². The van der Waals surface area contributed by atoms with Gasteiger partial charge in [-0.1, -0.05) is 67.6 Å². The monoisotopic (exact) mass is 382 g/mol. The average molecular weight is 383 g/mol. The predicted molar refractivity (Wildman–Crippen MR) is 107 cm³/mol. The van der Waals surface area contributed by atoms with E-state index in [1.54, 1.807) is 6.20 Å². The fourth-order valence-corrected chi connectivity index (χ4v) is 4.30. The first-order valence-corrected chi connectivity index (χ1v) is 9.06. The molecule has 0 aliphatic carbocycles. The summed E-state index contributed by atoms with van der Waals surface area (Å²) in [6.07, 6.45) is 4.28. The fourth-order valence-electron chi connectivity index (χ4n) is 4.30. The Balaban J connectivity index is 0.00000210. The van der Waals surface area contributed by atoms with Gasteiger partial charge in [0.1, 0.15) is 11.5 Å². The molecule has 3 aromatic rings. The molecule has 0 saturated carbocycles. The Labute approximate surface area is 165 Å². The number of hydrogen-bond acceptors (Lipinski definition) is 3. The lowest BCUT2D eigenvalue weighted by Gasteiger charge is -2.33. The van der Waals surface area contributed by atoms with Crippen molar-refractivity contribution in [1.82, 2.24) is 9.78 Å². The Bertz CT molecular complexity index is 826. The SMILES string of the molecule is CCC1C(Cn2cccn2)OC(=O)C1(c1ccccc1)c1ccccc1.Cl. The molecule has 2 unspecified atom stereocenters. The van der Waals surface area contributed by atoms with Gasteiger partial charge in [-0.05, 0) is 23.6 Å². The Morgan fingerprint density at radius 2 is 1.59 bits per heavy atom. The van der Waals surface area contributed by atoms with Gasteiger partial charge in [0, 0.05) is 18.3 Å². The summed E-state index contributed by atoms with van der Waals surface area (Å²) in [6, 6.07) is 21.9. The molecule has 0 radical (unpaired) electrons. The molecule has 4 nitrogen and oxygen atoms in total. The number of ether oxygens (including phenoxy) is 1. The Hall–Kier alpha value is -2.59. The minimum absolute atomic E-state index is 0. The first-order chi connectivity index (χ1) is 12.8. The van der Waals surface area contributed by atoms with Crippen molar-refractivity contribution >= 4 is 18.4 Å². The third kappa shape index (κ3) is 3.15. The van der Waals surface area contributed by atoms with Crippen LogP contribution >= 0.6 is 12.4 Å². The Kier molecular flexibility index (Phi) is 5.66. The summed E-state index contributed by atoms with van der Waals surface area (Å²) in [5.74, 6) is -0.136. The molecule has 1 aliphatic rings. The number of rotatable bonds is 5. The van der Waals surface area contributed by atoms with Crippen LogP contribution in [0.1, 0.15) is 24.5 Å². The zero-order chi connectivity index (χ0) is 18.0. The van der Waals surface area contributed by atoms with Crippen LogP contribution in [0.2, 0.25) is 0 Å². The molecule has 4 rings (SSSR count). The predicted octanol–water partition coefficient (Wildman–Crippen LogP) is 4.24. The molecular weight excluding hydrogens is 360 g/mol. The van der Waals surface area contributed by atoms with E-state index in [9.17, 15) is 4.79 Å². The largest absolute Gasteiger partial charge is 0.459 e. The second kappa shape index (κ2) is 7.97. The third-order valence-electron chi connectivity index (χ3n) is 5.41. The van der Waals surface area contributed by atoms with E-state index in [2.05, 4.69) is 12.0 Å². The zero-order valence-electron chi connectivity index (χ0n) is 15.2. The normalized spacial score (nSPS) is 20.7. The first kappa shape index (κ1) is 19.2. The van der Waals surface area contributed by atoms with Gasteiger partial charge in [-0.3, -0.25) is 9.48 Å². The van der Waals surface area contributed by atoms with E-state index in [-0.39, 0.29) is 30.4 Å². The summed E-state index contributed by atoms with van der Waals surface area (Å²) in [7, 11) is 0. The topological polar surface area (TPSA) is 44.1 Å². The molecule has 5 heteroatoms. The molecule has 140 valence electrons. The van der Waals surface area contributed by atoms with Gasteiger partial charge in [-0.15, -0.1) is 12.4 Å². The molecular formula is C22H23ClN2O2. The van der Waals surface area contributed by atoms with Crippen molar-refractivity contribution in [1.29, 1.82) is 0 Å². The summed E-state index contributed by atoms with van der Waals surface area (Å²) in [4.78, 5) is 13.4. The van der Waals surface area contributed by atoms with Crippen LogP contribution in [0.4, 0.5) is 0 Å². The van der Waals surface area contributed by atoms with Gasteiger partial charge in [-0.25, -0.2) is 0 Å². The summed E-state index contributed by atoms with van der Waals surface area (Å²) in [6.45, 7) is 2.70. The van der Waals surface area contributed by atoms with Crippen LogP contribution in [0.25, 0.3) is 0 Å². The Morgan fingerprint density at radius 1 is 1.00 bits per heavy atom. The minimum Gasteiger partial charge on any atom is -0.459 e. The van der Waals surface area contributed by atoms with E-state index >= 15 is 0 Å². The lowest BCUT2D eigenvalue weighted by Crippen LogP contribution is -2.41. The van der Waals surface area contributed by atoms with Crippen LogP contribution < -0.4 is 0 Å². The molecule has 1 saturated heterocycles. The van der Waals surface area contributed by atoms with Crippen molar-refractivity contribution in [3.05, 3.63) is 90.3 Å².